The van der Waals surface area contributed by atoms with E-state index in [4.69, 9.17) is 16.9 Å². The molecule has 1 aliphatic heterocycles. The van der Waals surface area contributed by atoms with Crippen LogP contribution in [0.15, 0.2) is 48.5 Å². The lowest BCUT2D eigenvalue weighted by Crippen LogP contribution is -2.48. The molecule has 1 fully saturated rings. The van der Waals surface area contributed by atoms with Crippen molar-refractivity contribution in [2.45, 2.75) is 6.54 Å². The van der Waals surface area contributed by atoms with E-state index < -0.39 is 0 Å². The van der Waals surface area contributed by atoms with Gasteiger partial charge in [-0.3, -0.25) is 14.6 Å². The monoisotopic (exact) mass is 424 g/mol. The Morgan fingerprint density at radius 2 is 1.76 bits per heavy atom. The van der Waals surface area contributed by atoms with Crippen LogP contribution >= 0.6 is 22.9 Å². The third-order valence-corrected chi connectivity index (χ3v) is 6.82. The topological polar surface area (TPSA) is 59.4 Å². The van der Waals surface area contributed by atoms with Gasteiger partial charge in [-0.05, 0) is 18.2 Å². The number of para-hydroxylation sites is 1. The highest BCUT2D eigenvalue weighted by molar-refractivity contribution is 7.19. The van der Waals surface area contributed by atoms with E-state index in [1.165, 1.54) is 9.58 Å². The van der Waals surface area contributed by atoms with Crippen molar-refractivity contribution in [3.63, 3.8) is 0 Å². The van der Waals surface area contributed by atoms with E-state index in [1.807, 2.05) is 18.2 Å². The molecule has 1 N–H and O–H groups in total. The molecule has 0 radical (unpaired) electrons. The maximum absolute atomic E-state index is 12.4. The van der Waals surface area contributed by atoms with E-state index in [9.17, 15) is 4.79 Å². The molecule has 0 bridgehead atoms. The van der Waals surface area contributed by atoms with Crippen LogP contribution in [0.25, 0.3) is 10.1 Å². The van der Waals surface area contributed by atoms with E-state index in [1.54, 1.807) is 29.5 Å². The van der Waals surface area contributed by atoms with E-state index in [2.05, 4.69) is 33.3 Å². The molecule has 0 unspecified atom stereocenters. The molecule has 148 valence electrons. The highest BCUT2D eigenvalue weighted by Crippen LogP contribution is 2.36. The van der Waals surface area contributed by atoms with Gasteiger partial charge in [0.25, 0.3) is 0 Å². The second kappa shape index (κ2) is 8.93. The van der Waals surface area contributed by atoms with Crippen molar-refractivity contribution in [1.82, 2.24) is 9.80 Å². The molecule has 0 spiro atoms. The van der Waals surface area contributed by atoms with Gasteiger partial charge in [0, 0.05) is 47.7 Å². The average Bonchev–Trinajstić information content (AvgIpc) is 3.05. The van der Waals surface area contributed by atoms with Gasteiger partial charge >= 0.3 is 0 Å². The SMILES string of the molecule is N#Cc1ccccc1NC(=O)CN1CCN(Cc2sc3ccccc3c2Cl)CC1. The van der Waals surface area contributed by atoms with Gasteiger partial charge in [0.1, 0.15) is 6.07 Å². The third kappa shape index (κ3) is 4.60. The minimum absolute atomic E-state index is 0.0892. The third-order valence-electron chi connectivity index (χ3n) is 5.12. The summed E-state index contributed by atoms with van der Waals surface area (Å²) in [6, 6.07) is 17.4. The number of hydrogen-bond donors (Lipinski definition) is 1. The van der Waals surface area contributed by atoms with Gasteiger partial charge in [-0.2, -0.15) is 5.26 Å². The first-order valence-electron chi connectivity index (χ1n) is 9.53. The zero-order valence-electron chi connectivity index (χ0n) is 15.9. The fourth-order valence-corrected chi connectivity index (χ4v) is 5.09. The van der Waals surface area contributed by atoms with E-state index in [-0.39, 0.29) is 5.91 Å². The number of carbonyl (C=O) groups is 1. The van der Waals surface area contributed by atoms with Gasteiger partial charge in [0.2, 0.25) is 5.91 Å². The molecule has 3 aromatic rings. The summed E-state index contributed by atoms with van der Waals surface area (Å²) in [4.78, 5) is 18.1. The van der Waals surface area contributed by atoms with Crippen molar-refractivity contribution in [2.75, 3.05) is 38.0 Å². The highest BCUT2D eigenvalue weighted by atomic mass is 35.5. The van der Waals surface area contributed by atoms with Crippen molar-refractivity contribution in [3.05, 3.63) is 64.0 Å². The number of fused-ring (bicyclic) bond motifs is 1. The predicted molar refractivity (Wildman–Crippen MR) is 118 cm³/mol. The Hall–Kier alpha value is -2.43. The van der Waals surface area contributed by atoms with Crippen LogP contribution < -0.4 is 5.32 Å². The van der Waals surface area contributed by atoms with Crippen LogP contribution in [0.5, 0.6) is 0 Å². The van der Waals surface area contributed by atoms with Crippen molar-refractivity contribution >= 4 is 44.6 Å². The molecule has 0 atom stereocenters. The molecule has 7 heteroatoms. The summed E-state index contributed by atoms with van der Waals surface area (Å²) in [5.41, 5.74) is 1.05. The van der Waals surface area contributed by atoms with Crippen LogP contribution in [0.4, 0.5) is 5.69 Å². The summed E-state index contributed by atoms with van der Waals surface area (Å²) >= 11 is 8.33. The number of piperazine rings is 1. The Bertz CT molecular complexity index is 1070. The minimum Gasteiger partial charge on any atom is -0.324 e. The van der Waals surface area contributed by atoms with Crippen molar-refractivity contribution in [3.8, 4) is 6.07 Å². The molecule has 4 rings (SSSR count). The Morgan fingerprint density at radius 1 is 1.07 bits per heavy atom. The number of halogens is 1. The Kier molecular flexibility index (Phi) is 6.12. The van der Waals surface area contributed by atoms with E-state index in [0.29, 0.717) is 17.8 Å². The molecule has 0 aliphatic carbocycles. The average molecular weight is 425 g/mol. The molecule has 0 saturated carbocycles. The quantitative estimate of drug-likeness (QED) is 0.667. The molecule has 2 aromatic carbocycles. The number of nitrogens with one attached hydrogen (secondary N) is 1. The van der Waals surface area contributed by atoms with Crippen LogP contribution in [0, 0.1) is 11.3 Å². The maximum Gasteiger partial charge on any atom is 0.238 e. The minimum atomic E-state index is -0.0892. The first-order chi connectivity index (χ1) is 14.1. The normalized spacial score (nSPS) is 15.3. The molecule has 5 nitrogen and oxygen atoms in total. The van der Waals surface area contributed by atoms with Gasteiger partial charge < -0.3 is 5.32 Å². The van der Waals surface area contributed by atoms with Gasteiger partial charge in [-0.15, -0.1) is 11.3 Å². The molecule has 1 amide bonds. The summed E-state index contributed by atoms with van der Waals surface area (Å²) in [6.07, 6.45) is 0. The lowest BCUT2D eigenvalue weighted by molar-refractivity contribution is -0.117. The van der Waals surface area contributed by atoms with E-state index in [0.717, 1.165) is 43.1 Å². The molecular weight excluding hydrogens is 404 g/mol. The zero-order valence-corrected chi connectivity index (χ0v) is 17.5. The summed E-state index contributed by atoms with van der Waals surface area (Å²) < 4.78 is 1.22. The highest BCUT2D eigenvalue weighted by Gasteiger charge is 2.21. The molecule has 1 aliphatic rings. The Balaban J connectivity index is 1.29. The van der Waals surface area contributed by atoms with Crippen LogP contribution in [0.3, 0.4) is 0 Å². The molecule has 1 aromatic heterocycles. The number of hydrogen-bond acceptors (Lipinski definition) is 5. The van der Waals surface area contributed by atoms with Gasteiger partial charge in [0.15, 0.2) is 0 Å². The van der Waals surface area contributed by atoms with Crippen molar-refractivity contribution < 1.29 is 4.79 Å². The lowest BCUT2D eigenvalue weighted by atomic mass is 10.2. The number of benzene rings is 2. The van der Waals surface area contributed by atoms with Crippen molar-refractivity contribution in [1.29, 1.82) is 5.26 Å². The first kappa shape index (κ1) is 19.9. The molecule has 1 saturated heterocycles. The molecule has 29 heavy (non-hydrogen) atoms. The summed E-state index contributed by atoms with van der Waals surface area (Å²) in [5.74, 6) is -0.0892. The summed E-state index contributed by atoms with van der Waals surface area (Å²) in [7, 11) is 0. The zero-order chi connectivity index (χ0) is 20.2. The predicted octanol–water partition coefficient (Wildman–Crippen LogP) is 4.18. The largest absolute Gasteiger partial charge is 0.324 e. The van der Waals surface area contributed by atoms with Crippen molar-refractivity contribution in [2.24, 2.45) is 0 Å². The first-order valence-corrected chi connectivity index (χ1v) is 10.7. The molecular formula is C22H21ClN4OS. The number of nitriles is 1. The number of thiophene rings is 1. The van der Waals surface area contributed by atoms with Gasteiger partial charge in [-0.1, -0.05) is 41.9 Å². The fourth-order valence-electron chi connectivity index (χ4n) is 3.56. The van der Waals surface area contributed by atoms with Gasteiger partial charge in [0.05, 0.1) is 22.8 Å². The second-order valence-corrected chi connectivity index (χ2v) is 8.61. The molecule has 2 heterocycles. The summed E-state index contributed by atoms with van der Waals surface area (Å²) in [5, 5.41) is 14.0. The van der Waals surface area contributed by atoms with Crippen LogP contribution in [0.2, 0.25) is 5.02 Å². The summed E-state index contributed by atoms with van der Waals surface area (Å²) in [6.45, 7) is 4.62. The Morgan fingerprint density at radius 3 is 2.52 bits per heavy atom. The smallest absolute Gasteiger partial charge is 0.238 e. The number of anilines is 1. The van der Waals surface area contributed by atoms with Crippen LogP contribution in [-0.4, -0.2) is 48.4 Å². The fraction of sp³-hybridized carbons (Fsp3) is 0.273. The van der Waals surface area contributed by atoms with Crippen LogP contribution in [-0.2, 0) is 11.3 Å². The number of amides is 1. The van der Waals surface area contributed by atoms with Gasteiger partial charge in [-0.25, -0.2) is 0 Å². The standard InChI is InChI=1S/C22H21ClN4OS/c23-22-17-6-2-4-8-19(17)29-20(22)14-26-9-11-27(12-10-26)15-21(28)25-18-7-3-1-5-16(18)13-24/h1-8H,9-12,14-15H2,(H,25,28). The second-order valence-electron chi connectivity index (χ2n) is 7.09. The van der Waals surface area contributed by atoms with E-state index >= 15 is 0 Å². The number of rotatable bonds is 5. The maximum atomic E-state index is 12.4. The number of carbonyl (C=O) groups excluding carboxylic acids is 1. The van der Waals surface area contributed by atoms with Crippen LogP contribution in [0.1, 0.15) is 10.4 Å². The lowest BCUT2D eigenvalue weighted by Gasteiger charge is -2.34. The number of nitrogens with zero attached hydrogens (tertiary/aromatic N) is 3. The Labute approximate surface area is 179 Å².